The Bertz CT molecular complexity index is 836. The lowest BCUT2D eigenvalue weighted by molar-refractivity contribution is -0.118. The number of thiophene rings is 1. The molecule has 0 aliphatic heterocycles. The zero-order chi connectivity index (χ0) is 19.1. The van der Waals surface area contributed by atoms with E-state index in [0.29, 0.717) is 21.9 Å². The predicted molar refractivity (Wildman–Crippen MR) is 99.6 cm³/mol. The monoisotopic (exact) mass is 372 g/mol. The van der Waals surface area contributed by atoms with Crippen molar-refractivity contribution in [3.63, 3.8) is 0 Å². The molecular weight excluding hydrogens is 352 g/mol. The molecule has 1 aromatic carbocycles. The fraction of sp³-hybridized carbons (Fsp3) is 0.316. The van der Waals surface area contributed by atoms with Crippen LogP contribution in [-0.2, 0) is 9.53 Å². The molecule has 2 aromatic rings. The molecule has 0 aliphatic rings. The summed E-state index contributed by atoms with van der Waals surface area (Å²) < 4.78 is 10.5. The normalized spacial score (nSPS) is 10.3. The van der Waals surface area contributed by atoms with Crippen molar-refractivity contribution < 1.29 is 19.1 Å². The van der Waals surface area contributed by atoms with Crippen LogP contribution in [0.4, 0.5) is 5.00 Å². The van der Waals surface area contributed by atoms with E-state index in [1.54, 1.807) is 37.3 Å². The average molecular weight is 372 g/mol. The number of rotatable bonds is 7. The third-order valence-corrected chi connectivity index (χ3v) is 4.79. The minimum Gasteiger partial charge on any atom is -0.482 e. The zero-order valence-electron chi connectivity index (χ0n) is 14.9. The van der Waals surface area contributed by atoms with E-state index in [9.17, 15) is 9.59 Å². The molecular formula is C19H20N2O4S. The van der Waals surface area contributed by atoms with E-state index in [-0.39, 0.29) is 19.1 Å². The van der Waals surface area contributed by atoms with Crippen LogP contribution >= 0.6 is 11.3 Å². The molecule has 0 saturated carbocycles. The predicted octanol–water partition coefficient (Wildman–Crippen LogP) is 3.94. The fourth-order valence-corrected chi connectivity index (χ4v) is 3.20. The summed E-state index contributed by atoms with van der Waals surface area (Å²) in [5.41, 5.74) is 0.692. The molecule has 7 heteroatoms. The zero-order valence-corrected chi connectivity index (χ0v) is 15.7. The number of nitrogens with zero attached hydrogens (tertiary/aromatic N) is 1. The lowest BCUT2D eigenvalue weighted by Gasteiger charge is -2.08. The first kappa shape index (κ1) is 19.5. The molecule has 1 aromatic heterocycles. The topological polar surface area (TPSA) is 88.4 Å². The number of amides is 1. The van der Waals surface area contributed by atoms with Crippen LogP contribution in [0.3, 0.4) is 0 Å². The van der Waals surface area contributed by atoms with E-state index in [1.807, 2.05) is 19.9 Å². The van der Waals surface area contributed by atoms with Crippen molar-refractivity contribution in [2.24, 2.45) is 0 Å². The Hall–Kier alpha value is -2.85. The highest BCUT2D eigenvalue weighted by Gasteiger charge is 2.20. The maximum Gasteiger partial charge on any atom is 0.341 e. The Balaban J connectivity index is 2.10. The van der Waals surface area contributed by atoms with E-state index in [0.717, 1.165) is 4.88 Å². The summed E-state index contributed by atoms with van der Waals surface area (Å²) in [6.07, 6.45) is 0. The van der Waals surface area contributed by atoms with Crippen LogP contribution in [0.15, 0.2) is 30.3 Å². The standard InChI is InChI=1S/C19H20N2O4S/c1-4-24-19(23)14-9-16(12(2)3)26-18(14)21-17(22)11-25-15-8-6-5-7-13(15)10-20/h5-9,12H,4,11H2,1-3H3,(H,21,22). The molecule has 0 spiro atoms. The smallest absolute Gasteiger partial charge is 0.341 e. The summed E-state index contributed by atoms with van der Waals surface area (Å²) in [4.78, 5) is 25.3. The molecule has 1 heterocycles. The summed E-state index contributed by atoms with van der Waals surface area (Å²) >= 11 is 1.34. The van der Waals surface area contributed by atoms with Gasteiger partial charge in [-0.2, -0.15) is 5.26 Å². The van der Waals surface area contributed by atoms with Gasteiger partial charge in [0.15, 0.2) is 6.61 Å². The molecule has 0 atom stereocenters. The molecule has 2 rings (SSSR count). The van der Waals surface area contributed by atoms with E-state index in [1.165, 1.54) is 11.3 Å². The second-order valence-electron chi connectivity index (χ2n) is 5.71. The molecule has 0 saturated heterocycles. The van der Waals surface area contributed by atoms with Crippen LogP contribution in [-0.4, -0.2) is 25.1 Å². The van der Waals surface area contributed by atoms with Crippen LogP contribution < -0.4 is 10.1 Å². The van der Waals surface area contributed by atoms with Gasteiger partial charge in [-0.1, -0.05) is 26.0 Å². The van der Waals surface area contributed by atoms with Crippen LogP contribution in [0.25, 0.3) is 0 Å². The number of carbonyl (C=O) groups excluding carboxylic acids is 2. The van der Waals surface area contributed by atoms with Gasteiger partial charge < -0.3 is 14.8 Å². The van der Waals surface area contributed by atoms with Crippen molar-refractivity contribution in [1.29, 1.82) is 5.26 Å². The van der Waals surface area contributed by atoms with E-state index in [4.69, 9.17) is 14.7 Å². The van der Waals surface area contributed by atoms with Crippen LogP contribution in [0.1, 0.15) is 47.5 Å². The van der Waals surface area contributed by atoms with Crippen molar-refractivity contribution in [3.8, 4) is 11.8 Å². The molecule has 0 bridgehead atoms. The Kier molecular flexibility index (Phi) is 6.75. The molecule has 1 N–H and O–H groups in total. The highest BCUT2D eigenvalue weighted by Crippen LogP contribution is 2.33. The van der Waals surface area contributed by atoms with Crippen LogP contribution in [0.5, 0.6) is 5.75 Å². The van der Waals surface area contributed by atoms with Gasteiger partial charge in [0.2, 0.25) is 0 Å². The van der Waals surface area contributed by atoms with Crippen LogP contribution in [0.2, 0.25) is 0 Å². The molecule has 0 radical (unpaired) electrons. The Morgan fingerprint density at radius 1 is 1.31 bits per heavy atom. The SMILES string of the molecule is CCOC(=O)c1cc(C(C)C)sc1NC(=O)COc1ccccc1C#N. The molecule has 0 unspecified atom stereocenters. The lowest BCUT2D eigenvalue weighted by Crippen LogP contribution is -2.21. The van der Waals surface area contributed by atoms with Gasteiger partial charge in [-0.05, 0) is 31.0 Å². The number of anilines is 1. The Labute approximate surface area is 156 Å². The number of carbonyl (C=O) groups is 2. The van der Waals surface area contributed by atoms with Crippen molar-refractivity contribution in [2.75, 3.05) is 18.5 Å². The molecule has 0 aliphatic carbocycles. The summed E-state index contributed by atoms with van der Waals surface area (Å²) in [5.74, 6) is -0.329. The Morgan fingerprint density at radius 3 is 2.69 bits per heavy atom. The average Bonchev–Trinajstić information content (AvgIpc) is 3.04. The minimum absolute atomic E-state index is 0.220. The number of hydrogen-bond donors (Lipinski definition) is 1. The third-order valence-electron chi connectivity index (χ3n) is 3.43. The maximum absolute atomic E-state index is 12.2. The summed E-state index contributed by atoms with van der Waals surface area (Å²) in [6, 6.07) is 10.4. The summed E-state index contributed by atoms with van der Waals surface area (Å²) in [5, 5.41) is 12.2. The number of hydrogen-bond acceptors (Lipinski definition) is 6. The van der Waals surface area contributed by atoms with Crippen molar-refractivity contribution in [1.82, 2.24) is 0 Å². The first-order valence-electron chi connectivity index (χ1n) is 8.18. The quantitative estimate of drug-likeness (QED) is 0.744. The molecule has 0 fully saturated rings. The summed E-state index contributed by atoms with van der Waals surface area (Å²) in [6.45, 7) is 5.73. The Morgan fingerprint density at radius 2 is 2.04 bits per heavy atom. The number of ether oxygens (including phenoxy) is 2. The van der Waals surface area contributed by atoms with E-state index < -0.39 is 11.9 Å². The van der Waals surface area contributed by atoms with Gasteiger partial charge in [-0.15, -0.1) is 11.3 Å². The lowest BCUT2D eigenvalue weighted by atomic mass is 10.1. The largest absolute Gasteiger partial charge is 0.482 e. The number of para-hydroxylation sites is 1. The molecule has 136 valence electrons. The highest BCUT2D eigenvalue weighted by atomic mass is 32.1. The second-order valence-corrected chi connectivity index (χ2v) is 6.80. The second kappa shape index (κ2) is 9.02. The minimum atomic E-state index is -0.471. The van der Waals surface area contributed by atoms with E-state index >= 15 is 0 Å². The van der Waals surface area contributed by atoms with Crippen LogP contribution in [0, 0.1) is 11.3 Å². The first-order valence-corrected chi connectivity index (χ1v) is 9.00. The van der Waals surface area contributed by atoms with Crippen molar-refractivity contribution in [3.05, 3.63) is 46.3 Å². The van der Waals surface area contributed by atoms with Crippen molar-refractivity contribution >= 4 is 28.2 Å². The van der Waals surface area contributed by atoms with Crippen molar-refractivity contribution in [2.45, 2.75) is 26.7 Å². The van der Waals surface area contributed by atoms with Gasteiger partial charge in [0.05, 0.1) is 17.7 Å². The summed E-state index contributed by atoms with van der Waals surface area (Å²) in [7, 11) is 0. The number of esters is 1. The van der Waals surface area contributed by atoms with Gasteiger partial charge in [0.25, 0.3) is 5.91 Å². The molecule has 1 amide bonds. The third kappa shape index (κ3) is 4.83. The van der Waals surface area contributed by atoms with Gasteiger partial charge in [-0.25, -0.2) is 4.79 Å². The van der Waals surface area contributed by atoms with Gasteiger partial charge in [-0.3, -0.25) is 4.79 Å². The highest BCUT2D eigenvalue weighted by molar-refractivity contribution is 7.16. The van der Waals surface area contributed by atoms with E-state index in [2.05, 4.69) is 5.32 Å². The van der Waals surface area contributed by atoms with Gasteiger partial charge >= 0.3 is 5.97 Å². The molecule has 26 heavy (non-hydrogen) atoms. The first-order chi connectivity index (χ1) is 12.5. The maximum atomic E-state index is 12.2. The van der Waals surface area contributed by atoms with Gasteiger partial charge in [0.1, 0.15) is 16.8 Å². The number of nitriles is 1. The molecule has 6 nitrogen and oxygen atoms in total. The van der Waals surface area contributed by atoms with Gasteiger partial charge in [0, 0.05) is 4.88 Å². The fourth-order valence-electron chi connectivity index (χ4n) is 2.14. The number of benzene rings is 1. The number of nitrogens with one attached hydrogen (secondary N) is 1.